The number of carbonyl (C=O) groups is 1. The fourth-order valence-electron chi connectivity index (χ4n) is 2.59. The Hall–Kier alpha value is -3.41. The third kappa shape index (κ3) is 5.54. The summed E-state index contributed by atoms with van der Waals surface area (Å²) in [5, 5.41) is 6.15. The van der Waals surface area contributed by atoms with Crippen molar-refractivity contribution in [3.8, 4) is 5.75 Å². The van der Waals surface area contributed by atoms with E-state index in [2.05, 4.69) is 26.7 Å². The van der Waals surface area contributed by atoms with Crippen molar-refractivity contribution in [1.29, 1.82) is 0 Å². The molecule has 0 spiro atoms. The lowest BCUT2D eigenvalue weighted by molar-refractivity contribution is 0.0946. The third-order valence-electron chi connectivity index (χ3n) is 4.05. The van der Waals surface area contributed by atoms with E-state index in [1.54, 1.807) is 31.8 Å². The van der Waals surface area contributed by atoms with Crippen molar-refractivity contribution in [2.75, 3.05) is 19.0 Å². The van der Waals surface area contributed by atoms with Gasteiger partial charge in [-0.25, -0.2) is 4.98 Å². The zero-order valence-corrected chi connectivity index (χ0v) is 15.2. The molecule has 27 heavy (non-hydrogen) atoms. The topological polar surface area (TPSA) is 76.1 Å². The van der Waals surface area contributed by atoms with Crippen molar-refractivity contribution in [3.05, 3.63) is 83.9 Å². The third-order valence-corrected chi connectivity index (χ3v) is 4.05. The van der Waals surface area contributed by atoms with Crippen LogP contribution < -0.4 is 15.4 Å². The standard InChI is InChI=1S/C21H22N4O2/c1-27-19-6-2-4-16(12-19)9-11-23-18-7-8-20(24-15-18)21(26)25-14-17-5-3-10-22-13-17/h2-8,10,12-13,15,23H,9,11,14H2,1H3,(H,25,26). The minimum atomic E-state index is -0.207. The monoisotopic (exact) mass is 362 g/mol. The lowest BCUT2D eigenvalue weighted by Gasteiger charge is -2.08. The molecule has 0 radical (unpaired) electrons. The highest BCUT2D eigenvalue weighted by molar-refractivity contribution is 5.92. The normalized spacial score (nSPS) is 10.3. The van der Waals surface area contributed by atoms with E-state index in [9.17, 15) is 4.79 Å². The first-order chi connectivity index (χ1) is 13.2. The van der Waals surface area contributed by atoms with Gasteiger partial charge in [0, 0.05) is 25.5 Å². The number of hydrogen-bond donors (Lipinski definition) is 2. The molecule has 0 fully saturated rings. The van der Waals surface area contributed by atoms with Crippen LogP contribution >= 0.6 is 0 Å². The van der Waals surface area contributed by atoms with Crippen LogP contribution in [0.2, 0.25) is 0 Å². The number of nitrogens with zero attached hydrogens (tertiary/aromatic N) is 2. The largest absolute Gasteiger partial charge is 0.497 e. The summed E-state index contributed by atoms with van der Waals surface area (Å²) in [6.07, 6.45) is 5.96. The van der Waals surface area contributed by atoms with E-state index < -0.39 is 0 Å². The second-order valence-corrected chi connectivity index (χ2v) is 6.00. The maximum absolute atomic E-state index is 12.2. The van der Waals surface area contributed by atoms with Crippen LogP contribution in [0.3, 0.4) is 0 Å². The van der Waals surface area contributed by atoms with Gasteiger partial charge in [-0.2, -0.15) is 0 Å². The van der Waals surface area contributed by atoms with Crippen molar-refractivity contribution in [3.63, 3.8) is 0 Å². The molecule has 3 rings (SSSR count). The van der Waals surface area contributed by atoms with Crippen LogP contribution in [0.15, 0.2) is 67.1 Å². The van der Waals surface area contributed by atoms with Gasteiger partial charge in [0.15, 0.2) is 0 Å². The number of aromatic nitrogens is 2. The average molecular weight is 362 g/mol. The maximum atomic E-state index is 12.2. The Kier molecular flexibility index (Phi) is 6.35. The second-order valence-electron chi connectivity index (χ2n) is 6.00. The number of pyridine rings is 2. The van der Waals surface area contributed by atoms with Crippen molar-refractivity contribution in [2.45, 2.75) is 13.0 Å². The minimum Gasteiger partial charge on any atom is -0.497 e. The molecule has 0 aliphatic carbocycles. The van der Waals surface area contributed by atoms with Crippen LogP contribution in [0.1, 0.15) is 21.6 Å². The number of amides is 1. The summed E-state index contributed by atoms with van der Waals surface area (Å²) in [7, 11) is 1.66. The van der Waals surface area contributed by atoms with Gasteiger partial charge >= 0.3 is 0 Å². The molecule has 0 saturated heterocycles. The van der Waals surface area contributed by atoms with E-state index in [0.717, 1.165) is 30.0 Å². The molecule has 0 aliphatic rings. The summed E-state index contributed by atoms with van der Waals surface area (Å²) in [5.74, 6) is 0.651. The number of benzene rings is 1. The Morgan fingerprint density at radius 1 is 1.07 bits per heavy atom. The smallest absolute Gasteiger partial charge is 0.270 e. The molecule has 0 bridgehead atoms. The number of carbonyl (C=O) groups excluding carboxylic acids is 1. The van der Waals surface area contributed by atoms with Crippen molar-refractivity contribution in [2.24, 2.45) is 0 Å². The van der Waals surface area contributed by atoms with E-state index >= 15 is 0 Å². The first-order valence-corrected chi connectivity index (χ1v) is 8.74. The van der Waals surface area contributed by atoms with Gasteiger partial charge in [-0.15, -0.1) is 0 Å². The Labute approximate surface area is 158 Å². The number of rotatable bonds is 8. The number of methoxy groups -OCH3 is 1. The van der Waals surface area contributed by atoms with E-state index in [1.165, 1.54) is 5.56 Å². The summed E-state index contributed by atoms with van der Waals surface area (Å²) in [4.78, 5) is 20.4. The van der Waals surface area contributed by atoms with Gasteiger partial charge in [0.2, 0.25) is 0 Å². The fourth-order valence-corrected chi connectivity index (χ4v) is 2.59. The molecule has 0 unspecified atom stereocenters. The summed E-state index contributed by atoms with van der Waals surface area (Å²) < 4.78 is 5.23. The van der Waals surface area contributed by atoms with E-state index in [4.69, 9.17) is 4.74 Å². The lowest BCUT2D eigenvalue weighted by Crippen LogP contribution is -2.23. The minimum absolute atomic E-state index is 0.207. The number of anilines is 1. The van der Waals surface area contributed by atoms with Crippen LogP contribution in [0.5, 0.6) is 5.75 Å². The van der Waals surface area contributed by atoms with Gasteiger partial charge in [0.05, 0.1) is 19.0 Å². The van der Waals surface area contributed by atoms with Gasteiger partial charge in [0.1, 0.15) is 11.4 Å². The molecular weight excluding hydrogens is 340 g/mol. The summed E-state index contributed by atoms with van der Waals surface area (Å²) in [5.41, 5.74) is 3.40. The van der Waals surface area contributed by atoms with Crippen LogP contribution in [0, 0.1) is 0 Å². The second kappa shape index (κ2) is 9.33. The molecule has 0 aliphatic heterocycles. The SMILES string of the molecule is COc1cccc(CCNc2ccc(C(=O)NCc3cccnc3)nc2)c1. The Bertz CT molecular complexity index is 867. The molecule has 2 N–H and O–H groups in total. The van der Waals surface area contributed by atoms with Gasteiger partial charge in [-0.05, 0) is 47.9 Å². The lowest BCUT2D eigenvalue weighted by atomic mass is 10.1. The first-order valence-electron chi connectivity index (χ1n) is 8.74. The molecule has 1 amide bonds. The molecule has 0 atom stereocenters. The summed E-state index contributed by atoms with van der Waals surface area (Å²) >= 11 is 0. The highest BCUT2D eigenvalue weighted by Crippen LogP contribution is 2.13. The fraction of sp³-hybridized carbons (Fsp3) is 0.190. The Morgan fingerprint density at radius 3 is 2.70 bits per heavy atom. The number of hydrogen-bond acceptors (Lipinski definition) is 5. The van der Waals surface area contributed by atoms with Crippen molar-refractivity contribution < 1.29 is 9.53 Å². The summed E-state index contributed by atoms with van der Waals surface area (Å²) in [6, 6.07) is 15.3. The zero-order valence-electron chi connectivity index (χ0n) is 15.2. The van der Waals surface area contributed by atoms with Crippen molar-refractivity contribution >= 4 is 11.6 Å². The van der Waals surface area contributed by atoms with E-state index in [1.807, 2.05) is 36.4 Å². The van der Waals surface area contributed by atoms with Crippen LogP contribution in [-0.4, -0.2) is 29.5 Å². The van der Waals surface area contributed by atoms with Gasteiger partial charge in [-0.3, -0.25) is 9.78 Å². The predicted molar refractivity (Wildman–Crippen MR) is 105 cm³/mol. The number of nitrogens with one attached hydrogen (secondary N) is 2. The molecule has 1 aromatic carbocycles. The molecule has 2 heterocycles. The molecule has 138 valence electrons. The quantitative estimate of drug-likeness (QED) is 0.644. The first kappa shape index (κ1) is 18.4. The van der Waals surface area contributed by atoms with Crippen LogP contribution in [0.25, 0.3) is 0 Å². The van der Waals surface area contributed by atoms with Crippen LogP contribution in [0.4, 0.5) is 5.69 Å². The number of ether oxygens (including phenoxy) is 1. The molecule has 6 heteroatoms. The van der Waals surface area contributed by atoms with Crippen molar-refractivity contribution in [1.82, 2.24) is 15.3 Å². The molecule has 2 aromatic heterocycles. The molecule has 3 aromatic rings. The molecule has 0 saturated carbocycles. The molecular formula is C21H22N4O2. The summed E-state index contributed by atoms with van der Waals surface area (Å²) in [6.45, 7) is 1.19. The van der Waals surface area contributed by atoms with Gasteiger partial charge in [-0.1, -0.05) is 18.2 Å². The zero-order chi connectivity index (χ0) is 18.9. The Balaban J connectivity index is 1.47. The van der Waals surface area contributed by atoms with E-state index in [0.29, 0.717) is 12.2 Å². The Morgan fingerprint density at radius 2 is 1.96 bits per heavy atom. The molecule has 6 nitrogen and oxygen atoms in total. The van der Waals surface area contributed by atoms with Crippen LogP contribution in [-0.2, 0) is 13.0 Å². The van der Waals surface area contributed by atoms with Gasteiger partial charge in [0.25, 0.3) is 5.91 Å². The van der Waals surface area contributed by atoms with E-state index in [-0.39, 0.29) is 5.91 Å². The van der Waals surface area contributed by atoms with Gasteiger partial charge < -0.3 is 15.4 Å². The average Bonchev–Trinajstić information content (AvgIpc) is 2.73. The predicted octanol–water partition coefficient (Wildman–Crippen LogP) is 3.07. The highest BCUT2D eigenvalue weighted by Gasteiger charge is 2.07. The maximum Gasteiger partial charge on any atom is 0.270 e. The highest BCUT2D eigenvalue weighted by atomic mass is 16.5.